The highest BCUT2D eigenvalue weighted by Crippen LogP contribution is 2.26. The molecule has 16 heavy (non-hydrogen) atoms. The van der Waals surface area contributed by atoms with Crippen molar-refractivity contribution in [2.45, 2.75) is 32.0 Å². The average molecular weight is 218 g/mol. The highest BCUT2D eigenvalue weighted by atomic mass is 15.4. The van der Waals surface area contributed by atoms with Crippen LogP contribution in [0.1, 0.15) is 26.3 Å². The van der Waals surface area contributed by atoms with Gasteiger partial charge in [0, 0.05) is 21.1 Å². The molecule has 2 heteroatoms. The van der Waals surface area contributed by atoms with Crippen molar-refractivity contribution in [3.05, 3.63) is 35.9 Å². The molecular weight excluding hydrogens is 196 g/mol. The molecule has 0 bridgehead atoms. The lowest BCUT2D eigenvalue weighted by atomic mass is 10.1. The van der Waals surface area contributed by atoms with E-state index in [0.29, 0.717) is 0 Å². The Bertz CT molecular complexity index is 341. The lowest BCUT2D eigenvalue weighted by Gasteiger charge is -2.40. The van der Waals surface area contributed by atoms with E-state index in [1.54, 1.807) is 0 Å². The monoisotopic (exact) mass is 218 g/mol. The van der Waals surface area contributed by atoms with Crippen LogP contribution in [0.2, 0.25) is 0 Å². The maximum atomic E-state index is 2.66. The molecule has 2 fully saturated rings. The first-order valence-electron chi connectivity index (χ1n) is 6.45. The van der Waals surface area contributed by atoms with Gasteiger partial charge in [-0.3, -0.25) is 9.80 Å². The Morgan fingerprint density at radius 1 is 1.06 bits per heavy atom. The second-order valence-corrected chi connectivity index (χ2v) is 4.97. The molecule has 0 spiro atoms. The van der Waals surface area contributed by atoms with E-state index in [9.17, 15) is 0 Å². The average Bonchev–Trinajstić information content (AvgIpc) is 2.80. The zero-order chi connectivity index (χ0) is 10.8. The second-order valence-electron chi connectivity index (χ2n) is 4.97. The number of nitrogens with zero attached hydrogens (tertiary/aromatic N) is 2. The van der Waals surface area contributed by atoms with Crippen molar-refractivity contribution < 1.29 is 1.43 Å². The Hall–Kier alpha value is -0.860. The minimum absolute atomic E-state index is 0. The van der Waals surface area contributed by atoms with Crippen molar-refractivity contribution >= 4 is 0 Å². The maximum Gasteiger partial charge on any atom is 0.0625 e. The molecule has 3 rings (SSSR count). The van der Waals surface area contributed by atoms with Gasteiger partial charge in [0.05, 0.1) is 6.17 Å². The van der Waals surface area contributed by atoms with E-state index < -0.39 is 0 Å². The molecule has 0 radical (unpaired) electrons. The fraction of sp³-hybridized carbons (Fsp3) is 0.571. The largest absolute Gasteiger partial charge is 0.288 e. The summed E-state index contributed by atoms with van der Waals surface area (Å²) in [5.41, 5.74) is 1.45. The first-order chi connectivity index (χ1) is 7.93. The van der Waals surface area contributed by atoms with E-state index in [1.807, 2.05) is 0 Å². The summed E-state index contributed by atoms with van der Waals surface area (Å²) in [6.45, 7) is 5.03. The van der Waals surface area contributed by atoms with Crippen molar-refractivity contribution in [3.8, 4) is 0 Å². The van der Waals surface area contributed by atoms with Gasteiger partial charge in [-0.1, -0.05) is 30.3 Å². The Labute approximate surface area is 99.3 Å². The second kappa shape index (κ2) is 4.56. The number of benzene rings is 1. The Kier molecular flexibility index (Phi) is 2.94. The Morgan fingerprint density at radius 3 is 2.75 bits per heavy atom. The van der Waals surface area contributed by atoms with E-state index in [4.69, 9.17) is 0 Å². The van der Waals surface area contributed by atoms with Crippen molar-refractivity contribution in [1.29, 1.82) is 0 Å². The molecule has 88 valence electrons. The molecule has 2 saturated heterocycles. The van der Waals surface area contributed by atoms with Crippen molar-refractivity contribution in [2.75, 3.05) is 19.6 Å². The van der Waals surface area contributed by atoms with E-state index in [-0.39, 0.29) is 1.43 Å². The third kappa shape index (κ3) is 2.00. The minimum Gasteiger partial charge on any atom is -0.288 e. The summed E-state index contributed by atoms with van der Waals surface area (Å²) in [6, 6.07) is 10.9. The summed E-state index contributed by atoms with van der Waals surface area (Å²) in [6.07, 6.45) is 4.82. The fourth-order valence-corrected chi connectivity index (χ4v) is 3.11. The van der Waals surface area contributed by atoms with E-state index in [0.717, 1.165) is 12.7 Å². The van der Waals surface area contributed by atoms with Crippen LogP contribution in [0.3, 0.4) is 0 Å². The molecule has 2 nitrogen and oxygen atoms in total. The molecule has 1 aromatic carbocycles. The highest BCUT2D eigenvalue weighted by Gasteiger charge is 2.32. The Balaban J connectivity index is 0.00000108. The van der Waals surface area contributed by atoms with Gasteiger partial charge in [-0.25, -0.2) is 0 Å². The number of hydrogen-bond donors (Lipinski definition) is 0. The number of fused-ring (bicyclic) bond motifs is 1. The van der Waals surface area contributed by atoms with Crippen LogP contribution in [0.15, 0.2) is 30.3 Å². The summed E-state index contributed by atoms with van der Waals surface area (Å²) >= 11 is 0. The van der Waals surface area contributed by atoms with Gasteiger partial charge >= 0.3 is 0 Å². The molecule has 0 aromatic heterocycles. The minimum atomic E-state index is 0. The molecular formula is C14H22N2. The third-order valence-electron chi connectivity index (χ3n) is 3.87. The molecule has 2 aliphatic heterocycles. The first kappa shape index (κ1) is 10.3. The van der Waals surface area contributed by atoms with Gasteiger partial charge in [0.1, 0.15) is 0 Å². The van der Waals surface area contributed by atoms with Gasteiger partial charge in [0.2, 0.25) is 0 Å². The van der Waals surface area contributed by atoms with Crippen LogP contribution in [0, 0.1) is 0 Å². The van der Waals surface area contributed by atoms with E-state index in [2.05, 4.69) is 40.1 Å². The molecule has 1 atom stereocenters. The molecule has 2 aliphatic rings. The summed E-state index contributed by atoms with van der Waals surface area (Å²) in [7, 11) is 0. The quantitative estimate of drug-likeness (QED) is 0.752. The zero-order valence-electron chi connectivity index (χ0n) is 9.81. The van der Waals surface area contributed by atoms with Gasteiger partial charge < -0.3 is 0 Å². The summed E-state index contributed by atoms with van der Waals surface area (Å²) in [4.78, 5) is 5.32. The van der Waals surface area contributed by atoms with Crippen LogP contribution in [0.5, 0.6) is 0 Å². The lowest BCUT2D eigenvalue weighted by Crippen LogP contribution is -2.49. The van der Waals surface area contributed by atoms with E-state index in [1.165, 1.54) is 44.5 Å². The van der Waals surface area contributed by atoms with Crippen LogP contribution in [0.4, 0.5) is 0 Å². The van der Waals surface area contributed by atoms with Gasteiger partial charge in [0.15, 0.2) is 0 Å². The molecule has 0 amide bonds. The first-order valence-corrected chi connectivity index (χ1v) is 6.45. The predicted octanol–water partition coefficient (Wildman–Crippen LogP) is 2.56. The van der Waals surface area contributed by atoms with E-state index >= 15 is 0 Å². The lowest BCUT2D eigenvalue weighted by molar-refractivity contribution is 0.0287. The van der Waals surface area contributed by atoms with Gasteiger partial charge in [-0.2, -0.15) is 0 Å². The summed E-state index contributed by atoms with van der Waals surface area (Å²) in [5.74, 6) is 0. The number of hydrogen-bond acceptors (Lipinski definition) is 2. The van der Waals surface area contributed by atoms with Crippen LogP contribution >= 0.6 is 0 Å². The molecule has 0 aliphatic carbocycles. The van der Waals surface area contributed by atoms with Gasteiger partial charge in [0.25, 0.3) is 0 Å². The van der Waals surface area contributed by atoms with Crippen LogP contribution in [0.25, 0.3) is 0 Å². The fourth-order valence-electron chi connectivity index (χ4n) is 3.11. The predicted molar refractivity (Wildman–Crippen MR) is 68.2 cm³/mol. The van der Waals surface area contributed by atoms with Crippen LogP contribution in [-0.2, 0) is 6.54 Å². The maximum absolute atomic E-state index is 2.66. The topological polar surface area (TPSA) is 6.48 Å². The normalized spacial score (nSPS) is 26.9. The summed E-state index contributed by atoms with van der Waals surface area (Å²) < 4.78 is 0. The molecule has 0 N–H and O–H groups in total. The molecule has 2 heterocycles. The van der Waals surface area contributed by atoms with Crippen LogP contribution < -0.4 is 0 Å². The third-order valence-corrected chi connectivity index (χ3v) is 3.87. The number of rotatable bonds is 2. The standard InChI is InChI=1S/C14H20N2.H2/c1-2-6-13(7-3-1)12-16-11-5-10-15-9-4-8-14(15)16;/h1-3,6-7,14H,4-5,8-12H2;1H. The SMILES string of the molecule is [HH].c1ccc(CN2CCCN3CCCC32)cc1. The zero-order valence-corrected chi connectivity index (χ0v) is 9.81. The van der Waals surface area contributed by atoms with Crippen LogP contribution in [-0.4, -0.2) is 35.6 Å². The smallest absolute Gasteiger partial charge is 0.0625 e. The molecule has 1 unspecified atom stereocenters. The van der Waals surface area contributed by atoms with Gasteiger partial charge in [-0.15, -0.1) is 0 Å². The summed E-state index contributed by atoms with van der Waals surface area (Å²) in [5, 5.41) is 0. The molecule has 0 saturated carbocycles. The van der Waals surface area contributed by atoms with Crippen molar-refractivity contribution in [2.24, 2.45) is 0 Å². The highest BCUT2D eigenvalue weighted by molar-refractivity contribution is 5.14. The van der Waals surface area contributed by atoms with Gasteiger partial charge in [-0.05, 0) is 31.4 Å². The molecule has 1 aromatic rings. The Morgan fingerprint density at radius 2 is 1.88 bits per heavy atom. The van der Waals surface area contributed by atoms with Crippen molar-refractivity contribution in [1.82, 2.24) is 9.80 Å². The van der Waals surface area contributed by atoms with Crippen molar-refractivity contribution in [3.63, 3.8) is 0 Å².